The Morgan fingerprint density at radius 2 is 2.40 bits per heavy atom. The van der Waals surface area contributed by atoms with Crippen LogP contribution in [0.3, 0.4) is 0 Å². The molecular formula is C8H8O2. The van der Waals surface area contributed by atoms with Gasteiger partial charge in [-0.1, -0.05) is 18.7 Å². The molecule has 0 radical (unpaired) electrons. The third-order valence-electron chi connectivity index (χ3n) is 1.31. The van der Waals surface area contributed by atoms with Crippen molar-refractivity contribution in [2.45, 2.75) is 6.10 Å². The number of ketones is 1. The molecule has 2 nitrogen and oxygen atoms in total. The molecule has 0 spiro atoms. The maximum Gasteiger partial charge on any atom is 0.188 e. The summed E-state index contributed by atoms with van der Waals surface area (Å²) in [6.45, 7) is 3.49. The van der Waals surface area contributed by atoms with Gasteiger partial charge in [-0.05, 0) is 17.7 Å². The SMILES string of the molecule is C=CC1=CC(=O)C(O)C=C1. The Morgan fingerprint density at radius 1 is 1.70 bits per heavy atom. The summed E-state index contributed by atoms with van der Waals surface area (Å²) in [5.41, 5.74) is 0.746. The van der Waals surface area contributed by atoms with Crippen molar-refractivity contribution in [1.29, 1.82) is 0 Å². The van der Waals surface area contributed by atoms with Gasteiger partial charge in [0.1, 0.15) is 6.10 Å². The number of hydrogen-bond donors (Lipinski definition) is 1. The Kier molecular flexibility index (Phi) is 1.83. The van der Waals surface area contributed by atoms with Crippen LogP contribution in [0.25, 0.3) is 0 Å². The van der Waals surface area contributed by atoms with Gasteiger partial charge in [-0.15, -0.1) is 0 Å². The second-order valence-electron chi connectivity index (χ2n) is 2.05. The Labute approximate surface area is 59.2 Å². The van der Waals surface area contributed by atoms with Gasteiger partial charge in [-0.2, -0.15) is 0 Å². The van der Waals surface area contributed by atoms with Crippen molar-refractivity contribution in [3.63, 3.8) is 0 Å². The number of allylic oxidation sites excluding steroid dienone is 3. The van der Waals surface area contributed by atoms with Crippen molar-refractivity contribution in [2.75, 3.05) is 0 Å². The molecule has 0 aromatic heterocycles. The zero-order valence-corrected chi connectivity index (χ0v) is 5.45. The van der Waals surface area contributed by atoms with Crippen molar-refractivity contribution >= 4 is 5.78 Å². The maximum atomic E-state index is 10.7. The number of carbonyl (C=O) groups is 1. The molecule has 1 aliphatic carbocycles. The predicted octanol–water partition coefficient (Wildman–Crippen LogP) is 0.599. The third-order valence-corrected chi connectivity index (χ3v) is 1.31. The Balaban J connectivity index is 2.85. The van der Waals surface area contributed by atoms with Crippen LogP contribution in [0, 0.1) is 0 Å². The lowest BCUT2D eigenvalue weighted by Gasteiger charge is -2.05. The highest BCUT2D eigenvalue weighted by atomic mass is 16.3. The first-order valence-corrected chi connectivity index (χ1v) is 2.98. The minimum Gasteiger partial charge on any atom is -0.381 e. The van der Waals surface area contributed by atoms with E-state index in [1.165, 1.54) is 12.2 Å². The topological polar surface area (TPSA) is 37.3 Å². The van der Waals surface area contributed by atoms with Gasteiger partial charge in [0.05, 0.1) is 0 Å². The summed E-state index contributed by atoms with van der Waals surface area (Å²) in [5, 5.41) is 8.88. The van der Waals surface area contributed by atoms with E-state index in [4.69, 9.17) is 5.11 Å². The molecule has 0 fully saturated rings. The Hall–Kier alpha value is -1.15. The summed E-state index contributed by atoms with van der Waals surface area (Å²) in [5.74, 6) is -0.280. The fraction of sp³-hybridized carbons (Fsp3) is 0.125. The first-order valence-electron chi connectivity index (χ1n) is 2.98. The van der Waals surface area contributed by atoms with Gasteiger partial charge >= 0.3 is 0 Å². The number of hydrogen-bond acceptors (Lipinski definition) is 2. The predicted molar refractivity (Wildman–Crippen MR) is 38.4 cm³/mol. The lowest BCUT2D eigenvalue weighted by atomic mass is 10.0. The van der Waals surface area contributed by atoms with E-state index < -0.39 is 6.10 Å². The molecule has 0 saturated carbocycles. The average Bonchev–Trinajstić information content (AvgIpc) is 1.95. The standard InChI is InChI=1S/C8H8O2/c1-2-6-3-4-7(9)8(10)5-6/h2-5,7,9H,1H2. The molecule has 1 atom stereocenters. The van der Waals surface area contributed by atoms with Crippen molar-refractivity contribution in [3.8, 4) is 0 Å². The minimum absolute atomic E-state index is 0.280. The van der Waals surface area contributed by atoms with E-state index in [-0.39, 0.29) is 5.78 Å². The molecule has 10 heavy (non-hydrogen) atoms. The highest BCUT2D eigenvalue weighted by molar-refractivity contribution is 5.97. The quantitative estimate of drug-likeness (QED) is 0.573. The van der Waals surface area contributed by atoms with Crippen LogP contribution in [0.5, 0.6) is 0 Å². The monoisotopic (exact) mass is 136 g/mol. The van der Waals surface area contributed by atoms with Gasteiger partial charge in [0.2, 0.25) is 0 Å². The van der Waals surface area contributed by atoms with E-state index in [1.54, 1.807) is 12.2 Å². The third kappa shape index (κ3) is 1.22. The van der Waals surface area contributed by atoms with Crippen molar-refractivity contribution in [2.24, 2.45) is 0 Å². The normalized spacial score (nSPS) is 24.3. The van der Waals surface area contributed by atoms with Crippen molar-refractivity contribution < 1.29 is 9.90 Å². The van der Waals surface area contributed by atoms with Gasteiger partial charge in [0, 0.05) is 0 Å². The van der Waals surface area contributed by atoms with Gasteiger partial charge in [-0.25, -0.2) is 0 Å². The Morgan fingerprint density at radius 3 is 2.90 bits per heavy atom. The second-order valence-corrected chi connectivity index (χ2v) is 2.05. The lowest BCUT2D eigenvalue weighted by molar-refractivity contribution is -0.120. The molecule has 0 saturated heterocycles. The number of aliphatic hydroxyl groups excluding tert-OH is 1. The molecule has 1 rings (SSSR count). The molecule has 0 heterocycles. The van der Waals surface area contributed by atoms with E-state index >= 15 is 0 Å². The smallest absolute Gasteiger partial charge is 0.188 e. The van der Waals surface area contributed by atoms with E-state index in [0.717, 1.165) is 5.57 Å². The molecule has 0 bridgehead atoms. The molecule has 0 aromatic carbocycles. The second kappa shape index (κ2) is 2.62. The first kappa shape index (κ1) is 6.96. The molecule has 0 amide bonds. The van der Waals surface area contributed by atoms with E-state index in [2.05, 4.69) is 6.58 Å². The van der Waals surface area contributed by atoms with Crippen molar-refractivity contribution in [3.05, 3.63) is 36.5 Å². The molecule has 1 unspecified atom stereocenters. The Bertz CT molecular complexity index is 223. The minimum atomic E-state index is -0.955. The van der Waals surface area contributed by atoms with Crippen LogP contribution in [-0.2, 0) is 4.79 Å². The molecular weight excluding hydrogens is 128 g/mol. The first-order chi connectivity index (χ1) is 4.74. The molecule has 0 aliphatic heterocycles. The summed E-state index contributed by atoms with van der Waals surface area (Å²) >= 11 is 0. The van der Waals surface area contributed by atoms with Crippen LogP contribution in [-0.4, -0.2) is 17.0 Å². The fourth-order valence-electron chi connectivity index (χ4n) is 0.722. The maximum absolute atomic E-state index is 10.7. The van der Waals surface area contributed by atoms with Crippen LogP contribution >= 0.6 is 0 Å². The summed E-state index contributed by atoms with van der Waals surface area (Å²) in [4.78, 5) is 10.7. The largest absolute Gasteiger partial charge is 0.381 e. The van der Waals surface area contributed by atoms with Crippen molar-refractivity contribution in [1.82, 2.24) is 0 Å². The molecule has 0 aromatic rings. The molecule has 1 N–H and O–H groups in total. The number of aliphatic hydroxyl groups is 1. The van der Waals surface area contributed by atoms with E-state index in [9.17, 15) is 4.79 Å². The zero-order chi connectivity index (χ0) is 7.56. The number of rotatable bonds is 1. The van der Waals surface area contributed by atoms with Crippen LogP contribution in [0.4, 0.5) is 0 Å². The van der Waals surface area contributed by atoms with Gasteiger partial charge < -0.3 is 5.11 Å². The molecule has 1 aliphatic rings. The number of carbonyl (C=O) groups excluding carboxylic acids is 1. The highest BCUT2D eigenvalue weighted by Gasteiger charge is 2.11. The fourth-order valence-corrected chi connectivity index (χ4v) is 0.722. The van der Waals surface area contributed by atoms with Crippen LogP contribution < -0.4 is 0 Å². The summed E-state index contributed by atoms with van der Waals surface area (Å²) < 4.78 is 0. The molecule has 52 valence electrons. The van der Waals surface area contributed by atoms with Crippen LogP contribution in [0.2, 0.25) is 0 Å². The van der Waals surface area contributed by atoms with Crippen LogP contribution in [0.15, 0.2) is 36.5 Å². The summed E-state index contributed by atoms with van der Waals surface area (Å²) in [7, 11) is 0. The summed E-state index contributed by atoms with van der Waals surface area (Å²) in [6.07, 6.45) is 5.10. The van der Waals surface area contributed by atoms with Crippen LogP contribution in [0.1, 0.15) is 0 Å². The summed E-state index contributed by atoms with van der Waals surface area (Å²) in [6, 6.07) is 0. The van der Waals surface area contributed by atoms with Gasteiger partial charge in [-0.3, -0.25) is 4.79 Å². The average molecular weight is 136 g/mol. The van der Waals surface area contributed by atoms with Gasteiger partial charge in [0.25, 0.3) is 0 Å². The zero-order valence-electron chi connectivity index (χ0n) is 5.45. The van der Waals surface area contributed by atoms with E-state index in [1.807, 2.05) is 0 Å². The van der Waals surface area contributed by atoms with Gasteiger partial charge in [0.15, 0.2) is 5.78 Å². The highest BCUT2D eigenvalue weighted by Crippen LogP contribution is 2.07. The van der Waals surface area contributed by atoms with E-state index in [0.29, 0.717) is 0 Å². The lowest BCUT2D eigenvalue weighted by Crippen LogP contribution is -2.17. The molecule has 2 heteroatoms.